The van der Waals surface area contributed by atoms with E-state index in [1.54, 1.807) is 0 Å². The number of carbonyl (C=O) groups is 1. The van der Waals surface area contributed by atoms with Crippen LogP contribution in [0.1, 0.15) is 28.8 Å². The molecule has 1 saturated carbocycles. The topological polar surface area (TPSA) is 17.1 Å². The van der Waals surface area contributed by atoms with Gasteiger partial charge >= 0.3 is 0 Å². The van der Waals surface area contributed by atoms with Crippen molar-refractivity contribution in [1.29, 1.82) is 0 Å². The molecule has 0 bridgehead atoms. The van der Waals surface area contributed by atoms with Crippen LogP contribution in [0.15, 0.2) is 30.3 Å². The summed E-state index contributed by atoms with van der Waals surface area (Å²) in [6, 6.07) is 7.84. The van der Waals surface area contributed by atoms with E-state index in [1.807, 2.05) is 36.4 Å². The van der Waals surface area contributed by atoms with Crippen molar-refractivity contribution in [3.05, 3.63) is 41.5 Å². The van der Waals surface area contributed by atoms with Crippen LogP contribution in [0.5, 0.6) is 0 Å². The highest BCUT2D eigenvalue weighted by Crippen LogP contribution is 2.32. The van der Waals surface area contributed by atoms with E-state index in [0.717, 1.165) is 29.3 Å². The molecule has 1 aliphatic carbocycles. The van der Waals surface area contributed by atoms with Crippen molar-refractivity contribution in [2.24, 2.45) is 5.92 Å². The van der Waals surface area contributed by atoms with Crippen LogP contribution in [0, 0.1) is 5.92 Å². The molecule has 78 valence electrons. The Morgan fingerprint density at radius 2 is 2.00 bits per heavy atom. The minimum atomic E-state index is 0.311. The Morgan fingerprint density at radius 1 is 1.33 bits per heavy atom. The molecule has 0 saturated heterocycles. The molecule has 0 heterocycles. The van der Waals surface area contributed by atoms with Crippen molar-refractivity contribution < 1.29 is 4.79 Å². The second-order valence-corrected chi connectivity index (χ2v) is 4.46. The zero-order valence-corrected chi connectivity index (χ0v) is 10.0. The minimum absolute atomic E-state index is 0.311. The van der Waals surface area contributed by atoms with E-state index in [-0.39, 0.29) is 0 Å². The summed E-state index contributed by atoms with van der Waals surface area (Å²) in [7, 11) is 0. The van der Waals surface area contributed by atoms with E-state index in [0.29, 0.717) is 11.7 Å². The van der Waals surface area contributed by atoms with E-state index >= 15 is 0 Å². The highest BCUT2D eigenvalue weighted by molar-refractivity contribution is 9.09. The average Bonchev–Trinajstić information content (AvgIpc) is 3.10. The van der Waals surface area contributed by atoms with Crippen molar-refractivity contribution in [1.82, 2.24) is 0 Å². The van der Waals surface area contributed by atoms with Crippen LogP contribution in [-0.2, 0) is 0 Å². The van der Waals surface area contributed by atoms with Gasteiger partial charge in [0.05, 0.1) is 0 Å². The Balaban J connectivity index is 2.09. The number of ketones is 1. The monoisotopic (exact) mass is 264 g/mol. The fourth-order valence-corrected chi connectivity index (χ4v) is 1.71. The van der Waals surface area contributed by atoms with E-state index < -0.39 is 0 Å². The van der Waals surface area contributed by atoms with Crippen molar-refractivity contribution in [2.75, 3.05) is 5.33 Å². The van der Waals surface area contributed by atoms with Crippen LogP contribution in [0.4, 0.5) is 0 Å². The standard InChI is InChI=1S/C13H13BrO/c14-9-1-2-10-3-5-11(6-4-10)13(15)12-7-8-12/h1-6,12H,7-9H2. The fraction of sp³-hybridized carbons (Fsp3) is 0.308. The summed E-state index contributed by atoms with van der Waals surface area (Å²) in [5.41, 5.74) is 2.00. The van der Waals surface area contributed by atoms with Gasteiger partial charge in [0.15, 0.2) is 5.78 Å². The third-order valence-corrected chi connectivity index (χ3v) is 2.92. The number of halogens is 1. The molecule has 1 aliphatic rings. The zero-order valence-electron chi connectivity index (χ0n) is 8.45. The number of allylic oxidation sites excluding steroid dienone is 1. The summed E-state index contributed by atoms with van der Waals surface area (Å²) < 4.78 is 0. The van der Waals surface area contributed by atoms with Crippen LogP contribution in [0.3, 0.4) is 0 Å². The molecule has 15 heavy (non-hydrogen) atoms. The van der Waals surface area contributed by atoms with Crippen LogP contribution >= 0.6 is 15.9 Å². The Labute approximate surface area is 98.3 Å². The smallest absolute Gasteiger partial charge is 0.165 e. The van der Waals surface area contributed by atoms with Gasteiger partial charge in [0.2, 0.25) is 0 Å². The lowest BCUT2D eigenvalue weighted by Gasteiger charge is -1.99. The number of hydrogen-bond acceptors (Lipinski definition) is 1. The van der Waals surface area contributed by atoms with Crippen molar-refractivity contribution >= 4 is 27.8 Å². The molecule has 0 aromatic heterocycles. The molecule has 0 unspecified atom stereocenters. The molecule has 0 aliphatic heterocycles. The van der Waals surface area contributed by atoms with Crippen LogP contribution in [0.25, 0.3) is 6.08 Å². The first-order valence-corrected chi connectivity index (χ1v) is 6.30. The SMILES string of the molecule is O=C(c1ccc(C=CCBr)cc1)C1CC1. The first-order valence-electron chi connectivity index (χ1n) is 5.18. The van der Waals surface area contributed by atoms with Gasteiger partial charge in [-0.3, -0.25) is 4.79 Å². The number of Topliss-reactive ketones (excluding diaryl/α,β-unsaturated/α-hetero) is 1. The number of hydrogen-bond donors (Lipinski definition) is 0. The molecule has 1 aromatic carbocycles. The van der Waals surface area contributed by atoms with E-state index in [4.69, 9.17) is 0 Å². The normalized spacial score (nSPS) is 15.8. The van der Waals surface area contributed by atoms with Crippen molar-refractivity contribution in [2.45, 2.75) is 12.8 Å². The Hall–Kier alpha value is -0.890. The molecule has 0 atom stereocenters. The van der Waals surface area contributed by atoms with Gasteiger partial charge in [0.25, 0.3) is 0 Å². The lowest BCUT2D eigenvalue weighted by Crippen LogP contribution is -2.00. The quantitative estimate of drug-likeness (QED) is 0.599. The molecule has 2 heteroatoms. The third kappa shape index (κ3) is 2.78. The first kappa shape index (κ1) is 10.6. The summed E-state index contributed by atoms with van der Waals surface area (Å²) in [4.78, 5) is 11.7. The minimum Gasteiger partial charge on any atom is -0.294 e. The highest BCUT2D eigenvalue weighted by atomic mass is 79.9. The summed E-state index contributed by atoms with van der Waals surface area (Å²) in [6.07, 6.45) is 6.23. The predicted octanol–water partition coefficient (Wildman–Crippen LogP) is 3.69. The molecule has 0 spiro atoms. The third-order valence-electron chi connectivity index (χ3n) is 2.54. The summed E-state index contributed by atoms with van der Waals surface area (Å²) >= 11 is 3.33. The van der Waals surface area contributed by atoms with Gasteiger partial charge in [-0.2, -0.15) is 0 Å². The summed E-state index contributed by atoms with van der Waals surface area (Å²) in [5.74, 6) is 0.625. The molecule has 2 rings (SSSR count). The van der Waals surface area contributed by atoms with Gasteiger partial charge in [-0.25, -0.2) is 0 Å². The zero-order chi connectivity index (χ0) is 10.7. The maximum Gasteiger partial charge on any atom is 0.165 e. The fourth-order valence-electron chi connectivity index (χ4n) is 1.52. The number of rotatable bonds is 4. The van der Waals surface area contributed by atoms with Gasteiger partial charge in [-0.15, -0.1) is 0 Å². The van der Waals surface area contributed by atoms with E-state index in [2.05, 4.69) is 15.9 Å². The van der Waals surface area contributed by atoms with Gasteiger partial charge in [-0.05, 0) is 18.4 Å². The summed E-state index contributed by atoms with van der Waals surface area (Å²) in [5, 5.41) is 0.857. The van der Waals surface area contributed by atoms with Gasteiger partial charge in [0, 0.05) is 16.8 Å². The first-order chi connectivity index (χ1) is 7.31. The average molecular weight is 265 g/mol. The molecule has 1 fully saturated rings. The predicted molar refractivity (Wildman–Crippen MR) is 66.3 cm³/mol. The van der Waals surface area contributed by atoms with Crippen molar-refractivity contribution in [3.8, 4) is 0 Å². The van der Waals surface area contributed by atoms with Crippen molar-refractivity contribution in [3.63, 3.8) is 0 Å². The Kier molecular flexibility index (Phi) is 3.37. The van der Waals surface area contributed by atoms with E-state index in [1.165, 1.54) is 0 Å². The molecule has 0 amide bonds. The lowest BCUT2D eigenvalue weighted by atomic mass is 10.1. The largest absolute Gasteiger partial charge is 0.294 e. The molecular weight excluding hydrogens is 252 g/mol. The van der Waals surface area contributed by atoms with Crippen LogP contribution < -0.4 is 0 Å². The Bertz CT molecular complexity index is 374. The number of benzene rings is 1. The second kappa shape index (κ2) is 4.75. The number of alkyl halides is 1. The summed E-state index contributed by atoms with van der Waals surface area (Å²) in [6.45, 7) is 0. The lowest BCUT2D eigenvalue weighted by molar-refractivity contribution is 0.0967. The van der Waals surface area contributed by atoms with Gasteiger partial charge in [0.1, 0.15) is 0 Å². The van der Waals surface area contributed by atoms with Gasteiger partial charge < -0.3 is 0 Å². The maximum atomic E-state index is 11.7. The maximum absolute atomic E-state index is 11.7. The van der Waals surface area contributed by atoms with Crippen LogP contribution in [0.2, 0.25) is 0 Å². The molecular formula is C13H13BrO. The Morgan fingerprint density at radius 3 is 2.53 bits per heavy atom. The highest BCUT2D eigenvalue weighted by Gasteiger charge is 2.30. The second-order valence-electron chi connectivity index (χ2n) is 3.82. The molecule has 1 aromatic rings. The van der Waals surface area contributed by atoms with Crippen LogP contribution in [-0.4, -0.2) is 11.1 Å². The molecule has 0 N–H and O–H groups in total. The number of carbonyl (C=O) groups excluding carboxylic acids is 1. The van der Waals surface area contributed by atoms with E-state index in [9.17, 15) is 4.79 Å². The van der Waals surface area contributed by atoms with Gasteiger partial charge in [-0.1, -0.05) is 52.3 Å². The molecule has 0 radical (unpaired) electrons. The molecule has 1 nitrogen and oxygen atoms in total.